The third-order valence-corrected chi connectivity index (χ3v) is 4.53. The standard InChI is InChI=1S/C18H25F3N2O3/c1-2-23(12-17(24)25)15-6-8-22(9-7-15)11-14-4-3-5-16(10-14)26-13-18(19,20)21/h3-5,10,15H,2,6-9,11-13H2,1H3,(H,24,25). The van der Waals surface area contributed by atoms with Crippen LogP contribution in [-0.4, -0.2) is 65.9 Å². The van der Waals surface area contributed by atoms with E-state index in [-0.39, 0.29) is 18.3 Å². The van der Waals surface area contributed by atoms with Gasteiger partial charge >= 0.3 is 12.1 Å². The van der Waals surface area contributed by atoms with Crippen LogP contribution < -0.4 is 4.74 Å². The molecule has 8 heteroatoms. The van der Waals surface area contributed by atoms with Gasteiger partial charge in [0.1, 0.15) is 5.75 Å². The molecule has 0 atom stereocenters. The molecule has 1 aromatic rings. The van der Waals surface area contributed by atoms with Crippen LogP contribution >= 0.6 is 0 Å². The number of likely N-dealkylation sites (N-methyl/N-ethyl adjacent to an activating group) is 1. The number of halogens is 3. The van der Waals surface area contributed by atoms with Crippen LogP contribution in [0.2, 0.25) is 0 Å². The van der Waals surface area contributed by atoms with Gasteiger partial charge in [-0.3, -0.25) is 14.6 Å². The largest absolute Gasteiger partial charge is 0.484 e. The van der Waals surface area contributed by atoms with Gasteiger partial charge < -0.3 is 9.84 Å². The molecule has 1 aliphatic heterocycles. The maximum Gasteiger partial charge on any atom is 0.422 e. The van der Waals surface area contributed by atoms with Crippen molar-refractivity contribution in [1.29, 1.82) is 0 Å². The average molecular weight is 374 g/mol. The summed E-state index contributed by atoms with van der Waals surface area (Å²) in [6.07, 6.45) is -2.59. The third kappa shape index (κ3) is 6.84. The first-order chi connectivity index (χ1) is 12.3. The Balaban J connectivity index is 1.84. The van der Waals surface area contributed by atoms with Gasteiger partial charge in [-0.05, 0) is 50.2 Å². The summed E-state index contributed by atoms with van der Waals surface area (Å²) < 4.78 is 41.5. The van der Waals surface area contributed by atoms with Crippen molar-refractivity contribution in [3.8, 4) is 5.75 Å². The predicted molar refractivity (Wildman–Crippen MR) is 91.2 cm³/mol. The highest BCUT2D eigenvalue weighted by Crippen LogP contribution is 2.22. The Bertz CT molecular complexity index is 587. The molecule has 1 heterocycles. The Morgan fingerprint density at radius 2 is 2.04 bits per heavy atom. The number of rotatable bonds is 8. The van der Waals surface area contributed by atoms with Gasteiger partial charge in [-0.2, -0.15) is 13.2 Å². The van der Waals surface area contributed by atoms with E-state index in [1.54, 1.807) is 12.1 Å². The fraction of sp³-hybridized carbons (Fsp3) is 0.611. The van der Waals surface area contributed by atoms with Gasteiger partial charge in [-0.1, -0.05) is 19.1 Å². The lowest BCUT2D eigenvalue weighted by atomic mass is 10.0. The van der Waals surface area contributed by atoms with Gasteiger partial charge in [0.05, 0.1) is 6.54 Å². The minimum absolute atomic E-state index is 0.0553. The minimum atomic E-state index is -4.35. The van der Waals surface area contributed by atoms with E-state index in [1.165, 1.54) is 6.07 Å². The normalized spacial score (nSPS) is 16.8. The second-order valence-electron chi connectivity index (χ2n) is 6.52. The Morgan fingerprint density at radius 1 is 1.35 bits per heavy atom. The maximum absolute atomic E-state index is 12.3. The van der Waals surface area contributed by atoms with Crippen molar-refractivity contribution < 1.29 is 27.8 Å². The van der Waals surface area contributed by atoms with Gasteiger partial charge in [-0.15, -0.1) is 0 Å². The number of benzene rings is 1. The summed E-state index contributed by atoms with van der Waals surface area (Å²) in [4.78, 5) is 15.1. The average Bonchev–Trinajstić information content (AvgIpc) is 2.58. The molecule has 1 fully saturated rings. The van der Waals surface area contributed by atoms with Gasteiger partial charge in [0.25, 0.3) is 0 Å². The predicted octanol–water partition coefficient (Wildman–Crippen LogP) is 3.00. The monoisotopic (exact) mass is 374 g/mol. The first kappa shape index (κ1) is 20.5. The van der Waals surface area contributed by atoms with Crippen LogP contribution in [0.15, 0.2) is 24.3 Å². The van der Waals surface area contributed by atoms with Gasteiger partial charge in [0.2, 0.25) is 0 Å². The molecule has 0 spiro atoms. The fourth-order valence-electron chi connectivity index (χ4n) is 3.27. The number of aliphatic carboxylic acids is 1. The SMILES string of the molecule is CCN(CC(=O)O)C1CCN(Cc2cccc(OCC(F)(F)F)c2)CC1. The Kier molecular flexibility index (Phi) is 7.28. The first-order valence-electron chi connectivity index (χ1n) is 8.73. The Morgan fingerprint density at radius 3 is 2.62 bits per heavy atom. The second-order valence-corrected chi connectivity index (χ2v) is 6.52. The molecule has 0 bridgehead atoms. The van der Waals surface area contributed by atoms with E-state index in [0.717, 1.165) is 31.5 Å². The van der Waals surface area contributed by atoms with Crippen molar-refractivity contribution in [2.45, 2.75) is 38.5 Å². The highest BCUT2D eigenvalue weighted by molar-refractivity contribution is 5.69. The zero-order valence-corrected chi connectivity index (χ0v) is 14.8. The second kappa shape index (κ2) is 9.23. The Hall–Kier alpha value is -1.80. The molecule has 2 rings (SSSR count). The van der Waals surface area contributed by atoms with Gasteiger partial charge in [0, 0.05) is 12.6 Å². The number of carboxylic acids is 1. The lowest BCUT2D eigenvalue weighted by molar-refractivity contribution is -0.153. The van der Waals surface area contributed by atoms with Gasteiger partial charge in [-0.25, -0.2) is 0 Å². The van der Waals surface area contributed by atoms with E-state index in [9.17, 15) is 18.0 Å². The van der Waals surface area contributed by atoms with Crippen LogP contribution in [-0.2, 0) is 11.3 Å². The van der Waals surface area contributed by atoms with E-state index in [0.29, 0.717) is 13.1 Å². The molecule has 146 valence electrons. The zero-order valence-electron chi connectivity index (χ0n) is 14.8. The molecule has 1 N–H and O–H groups in total. The van der Waals surface area contributed by atoms with E-state index in [4.69, 9.17) is 9.84 Å². The molecule has 5 nitrogen and oxygen atoms in total. The summed E-state index contributed by atoms with van der Waals surface area (Å²) in [6, 6.07) is 6.98. The van der Waals surface area contributed by atoms with Crippen LogP contribution in [0, 0.1) is 0 Å². The molecule has 0 saturated carbocycles. The topological polar surface area (TPSA) is 53.0 Å². The van der Waals surface area contributed by atoms with Crippen molar-refractivity contribution in [3.05, 3.63) is 29.8 Å². The molecule has 1 aromatic carbocycles. The third-order valence-electron chi connectivity index (χ3n) is 4.53. The summed E-state index contributed by atoms with van der Waals surface area (Å²) in [7, 11) is 0. The summed E-state index contributed by atoms with van der Waals surface area (Å²) >= 11 is 0. The van der Waals surface area contributed by atoms with Crippen molar-refractivity contribution in [2.75, 3.05) is 32.8 Å². The van der Waals surface area contributed by atoms with E-state index in [2.05, 4.69) is 4.90 Å². The highest BCUT2D eigenvalue weighted by Gasteiger charge is 2.28. The zero-order chi connectivity index (χ0) is 19.2. The van der Waals surface area contributed by atoms with E-state index < -0.39 is 18.8 Å². The lowest BCUT2D eigenvalue weighted by Gasteiger charge is -2.37. The van der Waals surface area contributed by atoms with Crippen LogP contribution in [0.5, 0.6) is 5.75 Å². The van der Waals surface area contributed by atoms with Crippen LogP contribution in [0.1, 0.15) is 25.3 Å². The van der Waals surface area contributed by atoms with Gasteiger partial charge in [0.15, 0.2) is 6.61 Å². The highest BCUT2D eigenvalue weighted by atomic mass is 19.4. The lowest BCUT2D eigenvalue weighted by Crippen LogP contribution is -2.46. The molecular weight excluding hydrogens is 349 g/mol. The molecule has 0 radical (unpaired) electrons. The molecule has 1 saturated heterocycles. The van der Waals surface area contributed by atoms with Crippen molar-refractivity contribution >= 4 is 5.97 Å². The molecule has 0 aromatic heterocycles. The van der Waals surface area contributed by atoms with Crippen molar-refractivity contribution in [2.24, 2.45) is 0 Å². The minimum Gasteiger partial charge on any atom is -0.484 e. The fourth-order valence-corrected chi connectivity index (χ4v) is 3.27. The van der Waals surface area contributed by atoms with Crippen molar-refractivity contribution in [3.63, 3.8) is 0 Å². The van der Waals surface area contributed by atoms with Crippen molar-refractivity contribution in [1.82, 2.24) is 9.80 Å². The number of piperidine rings is 1. The molecule has 0 amide bonds. The Labute approximate surface area is 151 Å². The molecule has 1 aliphatic rings. The van der Waals surface area contributed by atoms with Crippen LogP contribution in [0.3, 0.4) is 0 Å². The summed E-state index contributed by atoms with van der Waals surface area (Å²) in [5.74, 6) is -0.599. The number of nitrogens with zero attached hydrogens (tertiary/aromatic N) is 2. The van der Waals surface area contributed by atoms with E-state index in [1.807, 2.05) is 17.9 Å². The quantitative estimate of drug-likeness (QED) is 0.758. The number of hydrogen-bond acceptors (Lipinski definition) is 4. The number of likely N-dealkylation sites (tertiary alicyclic amines) is 1. The summed E-state index contributed by atoms with van der Waals surface area (Å²) in [5, 5.41) is 8.98. The number of ether oxygens (including phenoxy) is 1. The molecule has 0 unspecified atom stereocenters. The van der Waals surface area contributed by atoms with E-state index >= 15 is 0 Å². The number of alkyl halides is 3. The molecule has 0 aliphatic carbocycles. The number of hydrogen-bond donors (Lipinski definition) is 1. The summed E-state index contributed by atoms with van der Waals surface area (Å²) in [5.41, 5.74) is 0.904. The number of carboxylic acid groups (broad SMARTS) is 1. The van der Waals surface area contributed by atoms with Crippen LogP contribution in [0.4, 0.5) is 13.2 Å². The number of carbonyl (C=O) groups is 1. The smallest absolute Gasteiger partial charge is 0.422 e. The summed E-state index contributed by atoms with van der Waals surface area (Å²) in [6.45, 7) is 3.72. The molecular formula is C18H25F3N2O3. The van der Waals surface area contributed by atoms with Crippen LogP contribution in [0.25, 0.3) is 0 Å². The maximum atomic E-state index is 12.3. The molecule has 26 heavy (non-hydrogen) atoms. The first-order valence-corrected chi connectivity index (χ1v) is 8.73.